The molecule has 0 heterocycles. The molecule has 4 aliphatic rings. The van der Waals surface area contributed by atoms with Crippen molar-refractivity contribution in [1.82, 2.24) is 0 Å². The highest BCUT2D eigenvalue weighted by Gasteiger charge is 2.68. The zero-order valence-electron chi connectivity index (χ0n) is 23.8. The molecule has 0 aromatic heterocycles. The summed E-state index contributed by atoms with van der Waals surface area (Å²) in [7, 11) is -9.86. The highest BCUT2D eigenvalue weighted by atomic mass is 32.3. The van der Waals surface area contributed by atoms with Crippen molar-refractivity contribution in [3.8, 4) is 0 Å². The molecule has 0 unspecified atom stereocenters. The predicted molar refractivity (Wildman–Crippen MR) is 142 cm³/mol. The molecule has 0 saturated heterocycles. The van der Waals surface area contributed by atoms with Crippen LogP contribution in [0.15, 0.2) is 0 Å². The van der Waals surface area contributed by atoms with Crippen molar-refractivity contribution in [2.75, 3.05) is 6.61 Å². The third-order valence-electron chi connectivity index (χ3n) is 11.5. The van der Waals surface area contributed by atoms with Gasteiger partial charge in [0.05, 0.1) is 24.9 Å². The van der Waals surface area contributed by atoms with Crippen LogP contribution in [0.1, 0.15) is 85.5 Å². The van der Waals surface area contributed by atoms with Crippen LogP contribution in [0.3, 0.4) is 0 Å². The average molecular weight is 611 g/mol. The van der Waals surface area contributed by atoms with Crippen molar-refractivity contribution in [1.29, 1.82) is 0 Å². The van der Waals surface area contributed by atoms with E-state index in [-0.39, 0.29) is 42.6 Å². The van der Waals surface area contributed by atoms with E-state index in [2.05, 4.69) is 18.0 Å². The second-order valence-corrected chi connectivity index (χ2v) is 15.9. The molecule has 0 aromatic rings. The van der Waals surface area contributed by atoms with Crippen LogP contribution in [-0.2, 0) is 29.2 Å². The number of aliphatic hydroxyl groups excluding tert-OH is 3. The lowest BCUT2D eigenvalue weighted by Gasteiger charge is -2.64. The van der Waals surface area contributed by atoms with Crippen molar-refractivity contribution in [3.05, 3.63) is 0 Å². The Balaban J connectivity index is 1.60. The van der Waals surface area contributed by atoms with Gasteiger partial charge in [-0.25, -0.2) is 16.8 Å². The van der Waals surface area contributed by atoms with Crippen molar-refractivity contribution < 1.29 is 49.6 Å². The van der Waals surface area contributed by atoms with E-state index >= 15 is 0 Å². The van der Waals surface area contributed by atoms with Crippen LogP contribution in [0.4, 0.5) is 0 Å². The first-order chi connectivity index (χ1) is 18.4. The highest BCUT2D eigenvalue weighted by molar-refractivity contribution is 7.81. The van der Waals surface area contributed by atoms with E-state index < -0.39 is 62.0 Å². The maximum atomic E-state index is 11.8. The van der Waals surface area contributed by atoms with Gasteiger partial charge in [-0.05, 0) is 91.8 Å². The van der Waals surface area contributed by atoms with Crippen LogP contribution in [0.25, 0.3) is 0 Å². The molecule has 3 N–H and O–H groups in total. The minimum absolute atomic E-state index is 0.0306. The highest BCUT2D eigenvalue weighted by Crippen LogP contribution is 2.68. The summed E-state index contributed by atoms with van der Waals surface area (Å²) in [4.78, 5) is 0. The van der Waals surface area contributed by atoms with Gasteiger partial charge in [0.25, 0.3) is 0 Å². The maximum absolute atomic E-state index is 11.8. The molecule has 234 valence electrons. The lowest BCUT2D eigenvalue weighted by Crippen LogP contribution is -2.67. The van der Waals surface area contributed by atoms with E-state index in [9.17, 15) is 41.3 Å². The molecular weight excluding hydrogens is 564 g/mol. The minimum Gasteiger partial charge on any atom is -0.726 e. The standard InChI is InChI=1S/C27H48O11S2/c1-15(2)6-5-7-16(14-37-39(31,32)33)18-10-11-19-17-8-9-20-23(28)21(38-40(34,35)36)12-13-26(20,3)22(17)24(29)25(30)27(18,19)4/h15-25,28-30H,5-14H2,1-4H3,(H,31,32,33)(H,34,35,36)/p-2/t16-,17-,18+,19-,20+,21+,22+,23-,24+,25+,26-,27+/m0/s1. The zero-order chi connectivity index (χ0) is 29.8. The van der Waals surface area contributed by atoms with E-state index in [1.165, 1.54) is 0 Å². The fourth-order valence-electron chi connectivity index (χ4n) is 9.80. The van der Waals surface area contributed by atoms with Crippen molar-refractivity contribution in [3.63, 3.8) is 0 Å². The Bertz CT molecular complexity index is 1110. The van der Waals surface area contributed by atoms with Gasteiger partial charge in [-0.15, -0.1) is 0 Å². The minimum atomic E-state index is -4.98. The first-order valence-electron chi connectivity index (χ1n) is 14.7. The third kappa shape index (κ3) is 6.14. The molecule has 11 nitrogen and oxygen atoms in total. The van der Waals surface area contributed by atoms with Gasteiger partial charge in [0.2, 0.25) is 20.8 Å². The number of fused-ring (bicyclic) bond motifs is 5. The van der Waals surface area contributed by atoms with Crippen LogP contribution < -0.4 is 0 Å². The molecule has 0 amide bonds. The van der Waals surface area contributed by atoms with Gasteiger partial charge in [-0.1, -0.05) is 40.5 Å². The van der Waals surface area contributed by atoms with E-state index in [1.807, 2.05) is 13.8 Å². The second kappa shape index (κ2) is 11.6. The Morgan fingerprint density at radius 3 is 2.12 bits per heavy atom. The molecule has 0 aliphatic heterocycles. The number of rotatable bonds is 10. The van der Waals surface area contributed by atoms with Crippen molar-refractivity contribution in [2.24, 2.45) is 52.3 Å². The lowest BCUT2D eigenvalue weighted by molar-refractivity contribution is -0.244. The van der Waals surface area contributed by atoms with Crippen molar-refractivity contribution >= 4 is 20.8 Å². The van der Waals surface area contributed by atoms with Crippen LogP contribution in [0.5, 0.6) is 0 Å². The largest absolute Gasteiger partial charge is 0.726 e. The fourth-order valence-corrected chi connectivity index (χ4v) is 10.7. The summed E-state index contributed by atoms with van der Waals surface area (Å²) in [5, 5.41) is 34.6. The van der Waals surface area contributed by atoms with Crippen LogP contribution in [0, 0.1) is 52.3 Å². The molecule has 0 aromatic carbocycles. The summed E-state index contributed by atoms with van der Waals surface area (Å²) in [5.74, 6) is -0.663. The molecule has 0 bridgehead atoms. The van der Waals surface area contributed by atoms with E-state index in [0.29, 0.717) is 38.0 Å². The molecule has 4 saturated carbocycles. The van der Waals surface area contributed by atoms with Gasteiger partial charge >= 0.3 is 0 Å². The summed E-state index contributed by atoms with van der Waals surface area (Å²) >= 11 is 0. The Morgan fingerprint density at radius 2 is 1.52 bits per heavy atom. The van der Waals surface area contributed by atoms with Gasteiger partial charge in [0.15, 0.2) is 0 Å². The lowest BCUT2D eigenvalue weighted by atomic mass is 9.42. The molecular formula is C27H46O11S2-2. The average Bonchev–Trinajstić information content (AvgIpc) is 3.18. The second-order valence-electron chi connectivity index (χ2n) is 13.8. The molecule has 4 aliphatic carbocycles. The quantitative estimate of drug-likeness (QED) is 0.243. The van der Waals surface area contributed by atoms with Gasteiger partial charge in [0, 0.05) is 5.41 Å². The Kier molecular flexibility index (Phi) is 9.44. The number of hydrogen-bond donors (Lipinski definition) is 3. The predicted octanol–water partition coefficient (Wildman–Crippen LogP) is 2.32. The molecule has 13 heteroatoms. The van der Waals surface area contributed by atoms with Crippen LogP contribution in [0.2, 0.25) is 0 Å². The van der Waals surface area contributed by atoms with E-state index in [4.69, 9.17) is 4.18 Å². The molecule has 4 fully saturated rings. The summed E-state index contributed by atoms with van der Waals surface area (Å²) in [6.07, 6.45) is 1.13. The Morgan fingerprint density at radius 1 is 0.875 bits per heavy atom. The summed E-state index contributed by atoms with van der Waals surface area (Å²) in [5.41, 5.74) is -1.33. The topological polar surface area (TPSA) is 194 Å². The van der Waals surface area contributed by atoms with E-state index in [0.717, 1.165) is 19.3 Å². The Hall–Kier alpha value is -0.380. The van der Waals surface area contributed by atoms with E-state index in [1.54, 1.807) is 0 Å². The Labute approximate surface area is 238 Å². The van der Waals surface area contributed by atoms with Gasteiger partial charge in [0.1, 0.15) is 6.10 Å². The van der Waals surface area contributed by atoms with Crippen LogP contribution in [-0.4, -0.2) is 72.3 Å². The zero-order valence-corrected chi connectivity index (χ0v) is 25.5. The maximum Gasteiger partial charge on any atom is 0.217 e. The molecule has 0 spiro atoms. The van der Waals surface area contributed by atoms with Crippen molar-refractivity contribution in [2.45, 2.75) is 110 Å². The number of aliphatic hydroxyl groups is 3. The smallest absolute Gasteiger partial charge is 0.217 e. The monoisotopic (exact) mass is 610 g/mol. The SMILES string of the molecule is CC(C)CCC[C@@H](COS(=O)(=O)[O-])[C@H]1CC[C@H]2[C@@H]3CC[C@@H]4[C@H](O)[C@H](OS(=O)(=O)[O-])CC[C@]4(C)[C@H]3[C@@H](O)[C@@H](O)[C@]12C. The normalized spacial score (nSPS) is 44.6. The first kappa shape index (κ1) is 32.5. The number of hydrogen-bond acceptors (Lipinski definition) is 11. The molecule has 4 rings (SSSR count). The summed E-state index contributed by atoms with van der Waals surface area (Å²) in [6.45, 7) is 7.92. The molecule has 40 heavy (non-hydrogen) atoms. The molecule has 0 radical (unpaired) electrons. The fraction of sp³-hybridized carbons (Fsp3) is 1.00. The first-order valence-corrected chi connectivity index (χ1v) is 17.3. The molecule has 12 atom stereocenters. The van der Waals surface area contributed by atoms with Gasteiger partial charge in [-0.2, -0.15) is 0 Å². The third-order valence-corrected chi connectivity index (χ3v) is 12.4. The van der Waals surface area contributed by atoms with Crippen LogP contribution >= 0.6 is 0 Å². The van der Waals surface area contributed by atoms with Gasteiger partial charge in [-0.3, -0.25) is 8.37 Å². The summed E-state index contributed by atoms with van der Waals surface area (Å²) in [6, 6.07) is 0. The van der Waals surface area contributed by atoms with Gasteiger partial charge < -0.3 is 24.4 Å². The summed E-state index contributed by atoms with van der Waals surface area (Å²) < 4.78 is 77.2.